The van der Waals surface area contributed by atoms with E-state index in [-0.39, 0.29) is 11.2 Å². The Labute approximate surface area is 116 Å². The van der Waals surface area contributed by atoms with E-state index in [1.807, 2.05) is 19.0 Å². The van der Waals surface area contributed by atoms with E-state index in [9.17, 15) is 4.79 Å². The Hall–Kier alpha value is -0.820. The second-order valence-corrected chi connectivity index (χ2v) is 6.42. The van der Waals surface area contributed by atoms with Gasteiger partial charge in [0.05, 0.1) is 7.11 Å². The molecule has 0 fully saturated rings. The Morgan fingerprint density at radius 3 is 2.72 bits per heavy atom. The number of hydrogen-bond donors (Lipinski definition) is 0. The zero-order valence-corrected chi connectivity index (χ0v) is 12.8. The first-order valence-corrected chi connectivity index (χ1v) is 7.53. The molecule has 0 aliphatic carbocycles. The second kappa shape index (κ2) is 7.58. The molecule has 0 aliphatic heterocycles. The minimum Gasteiger partial charge on any atom is -0.468 e. The van der Waals surface area contributed by atoms with Gasteiger partial charge in [-0.1, -0.05) is 42.9 Å². The Bertz CT molecular complexity index is 382. The molecule has 1 heterocycles. The van der Waals surface area contributed by atoms with Crippen LogP contribution < -0.4 is 4.90 Å². The molecule has 7 heteroatoms. The molecule has 102 valence electrons. The number of nitrogens with zero attached hydrogens (tertiary/aromatic N) is 3. The lowest BCUT2D eigenvalue weighted by molar-refractivity contribution is -0.140. The monoisotopic (exact) mass is 289 g/mol. The number of thioether (sulfide) groups is 1. The lowest BCUT2D eigenvalue weighted by Gasteiger charge is -2.11. The van der Waals surface area contributed by atoms with E-state index < -0.39 is 0 Å². The first-order chi connectivity index (χ1) is 8.58. The molecule has 1 aromatic rings. The average Bonchev–Trinajstić information content (AvgIpc) is 2.82. The molecule has 0 saturated heterocycles. The van der Waals surface area contributed by atoms with E-state index in [4.69, 9.17) is 4.74 Å². The van der Waals surface area contributed by atoms with Gasteiger partial charge in [0.25, 0.3) is 0 Å². The molecule has 0 spiro atoms. The summed E-state index contributed by atoms with van der Waals surface area (Å²) < 4.78 is 5.63. The maximum Gasteiger partial charge on any atom is 0.319 e. The fraction of sp³-hybridized carbons (Fsp3) is 0.727. The van der Waals surface area contributed by atoms with Gasteiger partial charge >= 0.3 is 5.97 Å². The van der Waals surface area contributed by atoms with Crippen LogP contribution in [-0.2, 0) is 9.53 Å². The zero-order chi connectivity index (χ0) is 13.5. The van der Waals surface area contributed by atoms with Crippen LogP contribution in [0.3, 0.4) is 0 Å². The minimum atomic E-state index is -0.185. The first-order valence-electron chi connectivity index (χ1n) is 5.83. The van der Waals surface area contributed by atoms with Crippen LogP contribution in [0.4, 0.5) is 5.13 Å². The van der Waals surface area contributed by atoms with Crippen LogP contribution in [0.1, 0.15) is 26.2 Å². The highest BCUT2D eigenvalue weighted by Crippen LogP contribution is 2.32. The summed E-state index contributed by atoms with van der Waals surface area (Å²) in [6.07, 6.45) is 2.88. The lowest BCUT2D eigenvalue weighted by atomic mass is 10.2. The van der Waals surface area contributed by atoms with Gasteiger partial charge in [-0.3, -0.25) is 4.79 Å². The maximum atomic E-state index is 11.7. The summed E-state index contributed by atoms with van der Waals surface area (Å²) >= 11 is 2.93. The first kappa shape index (κ1) is 15.2. The maximum absolute atomic E-state index is 11.7. The normalized spacial score (nSPS) is 12.2. The third kappa shape index (κ3) is 4.45. The van der Waals surface area contributed by atoms with Gasteiger partial charge in [0.1, 0.15) is 5.25 Å². The molecule has 1 unspecified atom stereocenters. The van der Waals surface area contributed by atoms with E-state index >= 15 is 0 Å². The number of unbranched alkanes of at least 4 members (excludes halogenated alkanes) is 1. The van der Waals surface area contributed by atoms with Crippen molar-refractivity contribution in [1.82, 2.24) is 10.2 Å². The Morgan fingerprint density at radius 1 is 1.50 bits per heavy atom. The van der Waals surface area contributed by atoms with Crippen molar-refractivity contribution in [1.29, 1.82) is 0 Å². The van der Waals surface area contributed by atoms with Gasteiger partial charge in [-0.15, -0.1) is 10.2 Å². The molecule has 0 amide bonds. The van der Waals surface area contributed by atoms with Gasteiger partial charge in [-0.2, -0.15) is 0 Å². The van der Waals surface area contributed by atoms with Crippen molar-refractivity contribution in [2.45, 2.75) is 35.8 Å². The van der Waals surface area contributed by atoms with Crippen LogP contribution in [0.25, 0.3) is 0 Å². The van der Waals surface area contributed by atoms with Crippen LogP contribution in [0.2, 0.25) is 0 Å². The van der Waals surface area contributed by atoms with Crippen LogP contribution in [0, 0.1) is 0 Å². The van der Waals surface area contributed by atoms with E-state index in [0.29, 0.717) is 0 Å². The third-order valence-corrected chi connectivity index (χ3v) is 4.73. The zero-order valence-electron chi connectivity index (χ0n) is 11.2. The summed E-state index contributed by atoms with van der Waals surface area (Å²) in [4.78, 5) is 13.6. The number of ether oxygens (including phenoxy) is 1. The summed E-state index contributed by atoms with van der Waals surface area (Å²) in [7, 11) is 5.26. The molecule has 0 saturated carbocycles. The van der Waals surface area contributed by atoms with Crippen molar-refractivity contribution in [3.05, 3.63) is 0 Å². The van der Waals surface area contributed by atoms with E-state index in [2.05, 4.69) is 17.1 Å². The minimum absolute atomic E-state index is 0.182. The average molecular weight is 289 g/mol. The highest BCUT2D eigenvalue weighted by Gasteiger charge is 2.22. The third-order valence-electron chi connectivity index (χ3n) is 2.31. The van der Waals surface area contributed by atoms with Crippen molar-refractivity contribution in [3.63, 3.8) is 0 Å². The van der Waals surface area contributed by atoms with Crippen molar-refractivity contribution in [2.24, 2.45) is 0 Å². The summed E-state index contributed by atoms with van der Waals surface area (Å²) in [6, 6.07) is 0. The number of carbonyl (C=O) groups excluding carboxylic acids is 1. The van der Waals surface area contributed by atoms with Gasteiger partial charge < -0.3 is 9.64 Å². The molecule has 18 heavy (non-hydrogen) atoms. The number of aromatic nitrogens is 2. The van der Waals surface area contributed by atoms with Gasteiger partial charge in [0.2, 0.25) is 5.13 Å². The van der Waals surface area contributed by atoms with Crippen LogP contribution >= 0.6 is 23.1 Å². The summed E-state index contributed by atoms with van der Waals surface area (Å²) in [6.45, 7) is 2.11. The highest BCUT2D eigenvalue weighted by molar-refractivity contribution is 8.02. The Balaban J connectivity index is 2.66. The smallest absolute Gasteiger partial charge is 0.319 e. The van der Waals surface area contributed by atoms with Crippen LogP contribution in [0.5, 0.6) is 0 Å². The van der Waals surface area contributed by atoms with Crippen molar-refractivity contribution < 1.29 is 9.53 Å². The molecule has 0 aromatic carbocycles. The topological polar surface area (TPSA) is 55.3 Å². The van der Waals surface area contributed by atoms with Crippen LogP contribution in [-0.4, -0.2) is 42.6 Å². The predicted molar refractivity (Wildman–Crippen MR) is 75.4 cm³/mol. The number of esters is 1. The summed E-state index contributed by atoms with van der Waals surface area (Å²) in [5.74, 6) is -0.185. The van der Waals surface area contributed by atoms with Crippen LogP contribution in [0.15, 0.2) is 4.34 Å². The number of rotatable bonds is 7. The predicted octanol–water partition coefficient (Wildman–Crippen LogP) is 2.43. The van der Waals surface area contributed by atoms with Gasteiger partial charge in [0.15, 0.2) is 4.34 Å². The second-order valence-electron chi connectivity index (χ2n) is 4.02. The quantitative estimate of drug-likeness (QED) is 0.567. The SMILES string of the molecule is CCCCC(Sc1nnc(N(C)C)s1)C(=O)OC. The number of carbonyl (C=O) groups is 1. The molecule has 1 atom stereocenters. The van der Waals surface area contributed by atoms with E-state index in [1.165, 1.54) is 30.2 Å². The molecule has 1 aromatic heterocycles. The molecule has 0 aliphatic rings. The molecule has 0 N–H and O–H groups in total. The summed E-state index contributed by atoms with van der Waals surface area (Å²) in [5.41, 5.74) is 0. The fourth-order valence-electron chi connectivity index (χ4n) is 1.30. The van der Waals surface area contributed by atoms with Gasteiger partial charge in [-0.25, -0.2) is 0 Å². The standard InChI is InChI=1S/C11H19N3O2S2/c1-5-6-7-8(9(15)16-4)17-11-13-12-10(18-11)14(2)3/h8H,5-7H2,1-4H3. The fourth-order valence-corrected chi connectivity index (χ4v) is 3.37. The molecular formula is C11H19N3O2S2. The largest absolute Gasteiger partial charge is 0.468 e. The molecule has 0 bridgehead atoms. The summed E-state index contributed by atoms with van der Waals surface area (Å²) in [5, 5.41) is 8.80. The highest BCUT2D eigenvalue weighted by atomic mass is 32.2. The van der Waals surface area contributed by atoms with E-state index in [1.54, 1.807) is 0 Å². The van der Waals surface area contributed by atoms with Crippen molar-refractivity contribution >= 4 is 34.2 Å². The Morgan fingerprint density at radius 2 is 2.22 bits per heavy atom. The lowest BCUT2D eigenvalue weighted by Crippen LogP contribution is -2.18. The van der Waals surface area contributed by atoms with Gasteiger partial charge in [-0.05, 0) is 6.42 Å². The number of methoxy groups -OCH3 is 1. The molecule has 0 radical (unpaired) electrons. The van der Waals surface area contributed by atoms with E-state index in [0.717, 1.165) is 28.7 Å². The Kier molecular flexibility index (Phi) is 6.42. The number of anilines is 1. The van der Waals surface area contributed by atoms with Crippen molar-refractivity contribution in [2.75, 3.05) is 26.1 Å². The molecule has 5 nitrogen and oxygen atoms in total. The number of hydrogen-bond acceptors (Lipinski definition) is 7. The molecular weight excluding hydrogens is 270 g/mol. The van der Waals surface area contributed by atoms with Gasteiger partial charge in [0, 0.05) is 14.1 Å². The van der Waals surface area contributed by atoms with Crippen molar-refractivity contribution in [3.8, 4) is 0 Å². The molecule has 1 rings (SSSR count).